The van der Waals surface area contributed by atoms with E-state index >= 15 is 0 Å². The molecule has 2 unspecified atom stereocenters. The van der Waals surface area contributed by atoms with Crippen LogP contribution < -0.4 is 4.90 Å². The number of nitrogens with zero attached hydrogens (tertiary/aromatic N) is 3. The zero-order valence-electron chi connectivity index (χ0n) is 35.6. The van der Waals surface area contributed by atoms with E-state index in [2.05, 4.69) is 0 Å². The van der Waals surface area contributed by atoms with Gasteiger partial charge in [-0.05, 0) is 94.3 Å². The van der Waals surface area contributed by atoms with Crippen LogP contribution in [0.15, 0.2) is 82.3 Å². The van der Waals surface area contributed by atoms with Gasteiger partial charge in [-0.2, -0.15) is 38.2 Å². The Bertz CT molecular complexity index is 2790. The Morgan fingerprint density at radius 1 is 0.738 bits per heavy atom. The minimum atomic E-state index is -4.69. The largest absolute Gasteiger partial charge is 0.390 e. The van der Waals surface area contributed by atoms with Crippen LogP contribution in [0.4, 0.5) is 11.4 Å². The molecule has 1 saturated heterocycles. The van der Waals surface area contributed by atoms with Gasteiger partial charge in [-0.15, -0.1) is 5.06 Å². The minimum Gasteiger partial charge on any atom is -0.390 e. The molecule has 0 bridgehead atoms. The smallest absolute Gasteiger partial charge is 0.333 e. The lowest BCUT2D eigenvalue weighted by Crippen LogP contribution is -2.32. The van der Waals surface area contributed by atoms with Gasteiger partial charge in [0.25, 0.3) is 52.3 Å². The Morgan fingerprint density at radius 3 is 1.88 bits per heavy atom. The van der Waals surface area contributed by atoms with Crippen LogP contribution in [0, 0.1) is 0 Å². The van der Waals surface area contributed by atoms with Crippen LogP contribution in [0.25, 0.3) is 0 Å². The summed E-state index contributed by atoms with van der Waals surface area (Å²) in [6.45, 7) is 3.49. The number of imide groups is 1. The number of anilines is 1. The third-order valence-corrected chi connectivity index (χ3v) is 15.0. The Hall–Kier alpha value is -4.66. The first-order valence-electron chi connectivity index (χ1n) is 20.5. The fourth-order valence-corrected chi connectivity index (χ4v) is 10.6. The number of rotatable bonds is 22. The summed E-state index contributed by atoms with van der Waals surface area (Å²) in [5, 5.41) is 10.5. The summed E-state index contributed by atoms with van der Waals surface area (Å²) in [6.07, 6.45) is 9.40. The molecule has 24 heteroatoms. The number of hydroxylamine groups is 2. The number of unbranched alkanes of at least 4 members (excludes halogenated alkanes) is 2. The van der Waals surface area contributed by atoms with Crippen LogP contribution in [-0.4, -0.2) is 121 Å². The van der Waals surface area contributed by atoms with Gasteiger partial charge in [0.15, 0.2) is 12.3 Å². The molecular weight excluding hydrogens is 935 g/mol. The summed E-state index contributed by atoms with van der Waals surface area (Å²) in [5.41, 5.74) is 0.766. The van der Waals surface area contributed by atoms with E-state index in [0.29, 0.717) is 64.8 Å². The molecule has 5 rings (SSSR count). The maximum absolute atomic E-state index is 12.4. The lowest BCUT2D eigenvalue weighted by Gasteiger charge is -2.30. The van der Waals surface area contributed by atoms with E-state index in [1.807, 2.05) is 4.90 Å². The highest BCUT2D eigenvalue weighted by atomic mass is 32.2. The van der Waals surface area contributed by atoms with E-state index in [4.69, 9.17) is 4.84 Å². The summed E-state index contributed by atoms with van der Waals surface area (Å²) in [7, 11) is -18.1. The molecule has 3 heterocycles. The fraction of sp³-hybridized carbons (Fsp3) is 0.463. The van der Waals surface area contributed by atoms with Gasteiger partial charge in [0.05, 0.1) is 26.7 Å². The molecule has 0 aliphatic carbocycles. The number of carbonyl (C=O) groups excluding carboxylic acids is 3. The van der Waals surface area contributed by atoms with E-state index in [9.17, 15) is 71.4 Å². The van der Waals surface area contributed by atoms with E-state index in [1.54, 1.807) is 48.8 Å². The lowest BCUT2D eigenvalue weighted by molar-refractivity contribution is -0.441. The second-order valence-corrected chi connectivity index (χ2v) is 22.3. The van der Waals surface area contributed by atoms with Gasteiger partial charge in [-0.1, -0.05) is 24.6 Å². The number of allylic oxidation sites excluding steroid dienone is 6. The van der Waals surface area contributed by atoms with Crippen molar-refractivity contribution < 1.29 is 80.8 Å². The summed E-state index contributed by atoms with van der Waals surface area (Å²) < 4.78 is 136. The predicted octanol–water partition coefficient (Wildman–Crippen LogP) is 3.81. The second kappa shape index (κ2) is 20.1. The van der Waals surface area contributed by atoms with Crippen LogP contribution >= 0.6 is 0 Å². The van der Waals surface area contributed by atoms with E-state index in [0.717, 1.165) is 0 Å². The van der Waals surface area contributed by atoms with Gasteiger partial charge in [0.2, 0.25) is 5.69 Å². The average Bonchev–Trinajstić information content (AvgIpc) is 3.72. The summed E-state index contributed by atoms with van der Waals surface area (Å²) in [5.74, 6) is -3.17. The molecule has 356 valence electrons. The quantitative estimate of drug-likeness (QED) is 0.0368. The van der Waals surface area contributed by atoms with Crippen molar-refractivity contribution in [3.63, 3.8) is 0 Å². The molecule has 0 spiro atoms. The topological polar surface area (TPSA) is 308 Å². The van der Waals surface area contributed by atoms with Crippen molar-refractivity contribution in [2.24, 2.45) is 0 Å². The standard InChI is InChI=1S/C41H51N3O17S4/c1-40(20-9-25-62(49,50)51)31-27-29(64(55,56)57)14-16-33(31)42(22-8-4-7-13-39(48)61-44-37(46)18-19-38(44)47)35(40)11-5-3-6-12-36-41(2,21-10-26-63(52,53)54)32-28-30(65(58,59)60)15-17-34(32)43(36)23-24-45/h3,5-6,11-12,14-17,27-28,45H,4,7-10,13,18-26H2,1-2H3,(H3-,49,50,51,52,53,54,55,56,57,58,59,60)/p+1. The lowest BCUT2D eigenvalue weighted by atomic mass is 9.76. The molecular formula is C41H52N3O17S4+. The Kier molecular flexibility index (Phi) is 15.8. The summed E-state index contributed by atoms with van der Waals surface area (Å²) in [6, 6.07) is 7.96. The highest BCUT2D eigenvalue weighted by Gasteiger charge is 2.48. The number of amides is 2. The number of benzene rings is 2. The van der Waals surface area contributed by atoms with E-state index in [1.165, 1.54) is 36.4 Å². The molecule has 65 heavy (non-hydrogen) atoms. The third kappa shape index (κ3) is 12.4. The Labute approximate surface area is 377 Å². The molecule has 2 aromatic rings. The number of aliphatic hydroxyl groups excluding tert-OH is 1. The van der Waals surface area contributed by atoms with Gasteiger partial charge in [-0.3, -0.25) is 27.8 Å². The molecule has 0 saturated carbocycles. The normalized spacial score (nSPS) is 21.1. The van der Waals surface area contributed by atoms with Gasteiger partial charge in [0, 0.05) is 60.3 Å². The third-order valence-electron chi connectivity index (χ3n) is 11.7. The highest BCUT2D eigenvalue weighted by molar-refractivity contribution is 7.86. The van der Waals surface area contributed by atoms with E-state index in [-0.39, 0.29) is 58.1 Å². The SMILES string of the molecule is CC1(CCCS(=O)(=O)O)C(/C=C/C=C/C=C2/N(CCCCCC(=O)ON3C(=O)CCC3=O)c3ccc(S(=O)(=O)O)cc3C2(C)CCCS(=O)(=O)O)=[N+](CCO)c2ccc(S(=O)(=O)O)cc21. The average molecular weight is 987 g/mol. The van der Waals surface area contributed by atoms with Crippen molar-refractivity contribution >= 4 is 75.3 Å². The van der Waals surface area contributed by atoms with Crippen LogP contribution in [0.5, 0.6) is 0 Å². The number of fused-ring (bicyclic) bond motifs is 2. The molecule has 2 amide bonds. The zero-order chi connectivity index (χ0) is 48.2. The van der Waals surface area contributed by atoms with Crippen molar-refractivity contribution in [3.05, 3.63) is 83.6 Å². The number of carbonyl (C=O) groups is 3. The zero-order valence-corrected chi connectivity index (χ0v) is 38.8. The second-order valence-electron chi connectivity index (χ2n) is 16.3. The molecule has 0 aromatic heterocycles. The van der Waals surface area contributed by atoms with Crippen molar-refractivity contribution in [2.75, 3.05) is 36.1 Å². The molecule has 3 aliphatic rings. The highest BCUT2D eigenvalue weighted by Crippen LogP contribution is 2.51. The van der Waals surface area contributed by atoms with Crippen LogP contribution in [0.3, 0.4) is 0 Å². The first kappa shape index (κ1) is 51.3. The monoisotopic (exact) mass is 986 g/mol. The van der Waals surface area contributed by atoms with Crippen LogP contribution in [0.2, 0.25) is 0 Å². The first-order chi connectivity index (χ1) is 30.2. The van der Waals surface area contributed by atoms with Gasteiger partial charge in [-0.25, -0.2) is 4.79 Å². The molecule has 3 aliphatic heterocycles. The Morgan fingerprint density at radius 2 is 1.31 bits per heavy atom. The number of hydrogen-bond donors (Lipinski definition) is 5. The number of hydrogen-bond acceptors (Lipinski definition) is 14. The van der Waals surface area contributed by atoms with Crippen molar-refractivity contribution in [3.8, 4) is 0 Å². The number of aliphatic hydroxyl groups is 1. The fourth-order valence-electron chi connectivity index (χ4n) is 8.59. The van der Waals surface area contributed by atoms with Crippen molar-refractivity contribution in [1.82, 2.24) is 5.06 Å². The van der Waals surface area contributed by atoms with Gasteiger partial charge >= 0.3 is 5.97 Å². The number of β-amino-alcohol motifs (C(OH)–C–C–N with tert-alkyl or cyclic N) is 1. The maximum Gasteiger partial charge on any atom is 0.333 e. The minimum absolute atomic E-state index is 0.0409. The molecule has 1 fully saturated rings. The Balaban J connectivity index is 1.50. The van der Waals surface area contributed by atoms with Crippen molar-refractivity contribution in [2.45, 2.75) is 98.7 Å². The van der Waals surface area contributed by atoms with Crippen LogP contribution in [-0.2, 0) is 70.5 Å². The maximum atomic E-state index is 12.4. The molecule has 20 nitrogen and oxygen atoms in total. The van der Waals surface area contributed by atoms with Gasteiger partial charge in [0.1, 0.15) is 6.61 Å². The first-order valence-corrected chi connectivity index (χ1v) is 26.6. The van der Waals surface area contributed by atoms with E-state index < -0.39 is 90.4 Å². The molecule has 0 radical (unpaired) electrons. The van der Waals surface area contributed by atoms with Crippen molar-refractivity contribution in [1.29, 1.82) is 0 Å². The predicted molar refractivity (Wildman–Crippen MR) is 235 cm³/mol. The molecule has 2 aromatic carbocycles. The van der Waals surface area contributed by atoms with Crippen LogP contribution in [0.1, 0.15) is 89.2 Å². The molecule has 2 atom stereocenters. The summed E-state index contributed by atoms with van der Waals surface area (Å²) in [4.78, 5) is 42.2. The summed E-state index contributed by atoms with van der Waals surface area (Å²) >= 11 is 0. The van der Waals surface area contributed by atoms with Gasteiger partial charge < -0.3 is 14.8 Å². The molecule has 5 N–H and O–H groups in total.